The van der Waals surface area contributed by atoms with E-state index in [1.54, 1.807) is 27.7 Å². The molecule has 0 saturated heterocycles. The maximum Gasteiger partial charge on any atom is 0.274 e. The molecule has 3 heterocycles. The molecule has 23 heavy (non-hydrogen) atoms. The van der Waals surface area contributed by atoms with Crippen LogP contribution in [0.25, 0.3) is 0 Å². The number of carbonyl (C=O) groups is 1. The Labute approximate surface area is 142 Å². The fourth-order valence-corrected chi connectivity index (χ4v) is 4.24. The van der Waals surface area contributed by atoms with Crippen LogP contribution in [0.1, 0.15) is 32.6 Å². The molecule has 0 aliphatic carbocycles. The molecular formula is C18H14N2OS2. The Kier molecular flexibility index (Phi) is 3.81. The summed E-state index contributed by atoms with van der Waals surface area (Å²) in [7, 11) is 0. The van der Waals surface area contributed by atoms with Gasteiger partial charge in [0.2, 0.25) is 0 Å². The van der Waals surface area contributed by atoms with E-state index in [9.17, 15) is 4.79 Å². The molecular weight excluding hydrogens is 324 g/mol. The predicted molar refractivity (Wildman–Crippen MR) is 95.1 cm³/mol. The zero-order valence-corrected chi connectivity index (χ0v) is 13.9. The number of nitrogens with zero attached hydrogens (tertiary/aromatic N) is 2. The Morgan fingerprint density at radius 2 is 1.78 bits per heavy atom. The third kappa shape index (κ3) is 2.73. The van der Waals surface area contributed by atoms with E-state index in [0.29, 0.717) is 5.56 Å². The summed E-state index contributed by atoms with van der Waals surface area (Å²) < 4.78 is 0. The number of rotatable bonds is 3. The van der Waals surface area contributed by atoms with Crippen molar-refractivity contribution >= 4 is 34.3 Å². The molecule has 2 aromatic heterocycles. The average molecular weight is 338 g/mol. The van der Waals surface area contributed by atoms with E-state index in [-0.39, 0.29) is 11.9 Å². The smallest absolute Gasteiger partial charge is 0.267 e. The van der Waals surface area contributed by atoms with Gasteiger partial charge in [-0.1, -0.05) is 30.3 Å². The van der Waals surface area contributed by atoms with Gasteiger partial charge in [-0.15, -0.1) is 22.7 Å². The molecule has 5 heteroatoms. The standard InChI is InChI=1S/C18H14N2OS2/c21-18(13-6-2-1-3-7-13)20-15(17-9-5-11-23-17)12-14(19-20)16-8-4-10-22-16/h1-11,15H,12H2/t15-/m0/s1. The molecule has 1 aliphatic heterocycles. The van der Waals surface area contributed by atoms with Gasteiger partial charge < -0.3 is 0 Å². The zero-order chi connectivity index (χ0) is 15.6. The summed E-state index contributed by atoms with van der Waals surface area (Å²) in [5, 5.41) is 10.4. The number of hydrogen-bond donors (Lipinski definition) is 0. The number of thiophene rings is 2. The summed E-state index contributed by atoms with van der Waals surface area (Å²) in [4.78, 5) is 15.2. The van der Waals surface area contributed by atoms with Crippen molar-refractivity contribution in [3.63, 3.8) is 0 Å². The second kappa shape index (κ2) is 6.10. The van der Waals surface area contributed by atoms with E-state index in [1.165, 1.54) is 4.88 Å². The fraction of sp³-hybridized carbons (Fsp3) is 0.111. The van der Waals surface area contributed by atoms with E-state index in [0.717, 1.165) is 17.0 Å². The molecule has 4 rings (SSSR count). The SMILES string of the molecule is O=C(c1ccccc1)N1N=C(c2cccs2)C[C@H]1c1cccs1. The molecule has 0 N–H and O–H groups in total. The first-order valence-electron chi connectivity index (χ1n) is 7.36. The minimum Gasteiger partial charge on any atom is -0.267 e. The molecule has 0 radical (unpaired) electrons. The van der Waals surface area contributed by atoms with E-state index in [4.69, 9.17) is 0 Å². The summed E-state index contributed by atoms with van der Waals surface area (Å²) in [5.41, 5.74) is 1.66. The molecule has 1 aliphatic rings. The van der Waals surface area contributed by atoms with Crippen molar-refractivity contribution in [2.75, 3.05) is 0 Å². The molecule has 114 valence electrons. The first-order valence-corrected chi connectivity index (χ1v) is 9.12. The highest BCUT2D eigenvalue weighted by molar-refractivity contribution is 7.12. The normalized spacial score (nSPS) is 17.3. The molecule has 1 atom stereocenters. The first-order chi connectivity index (χ1) is 11.3. The molecule has 0 saturated carbocycles. The molecule has 0 unspecified atom stereocenters. The van der Waals surface area contributed by atoms with Gasteiger partial charge in [-0.2, -0.15) is 5.10 Å². The van der Waals surface area contributed by atoms with Gasteiger partial charge in [0.1, 0.15) is 0 Å². The molecule has 0 bridgehead atoms. The van der Waals surface area contributed by atoms with E-state index in [1.807, 2.05) is 53.2 Å². The van der Waals surface area contributed by atoms with Crippen molar-refractivity contribution < 1.29 is 4.79 Å². The zero-order valence-electron chi connectivity index (χ0n) is 12.3. The Balaban J connectivity index is 1.72. The van der Waals surface area contributed by atoms with Gasteiger partial charge >= 0.3 is 0 Å². The number of hydrogen-bond acceptors (Lipinski definition) is 4. The maximum absolute atomic E-state index is 12.9. The highest BCUT2D eigenvalue weighted by atomic mass is 32.1. The minimum atomic E-state index is -0.0458. The average Bonchev–Trinajstić information content (AvgIpc) is 3.34. The quantitative estimate of drug-likeness (QED) is 0.675. The summed E-state index contributed by atoms with van der Waals surface area (Å²) in [6.45, 7) is 0. The van der Waals surface area contributed by atoms with Crippen LogP contribution >= 0.6 is 22.7 Å². The van der Waals surface area contributed by atoms with Gasteiger partial charge in [-0.05, 0) is 35.0 Å². The number of amides is 1. The van der Waals surface area contributed by atoms with E-state index in [2.05, 4.69) is 17.2 Å². The summed E-state index contributed by atoms with van der Waals surface area (Å²) >= 11 is 3.34. The molecule has 1 amide bonds. The second-order valence-electron chi connectivity index (χ2n) is 5.28. The summed E-state index contributed by atoms with van der Waals surface area (Å²) in [5.74, 6) is -0.0458. The van der Waals surface area contributed by atoms with Gasteiger partial charge in [-0.3, -0.25) is 4.79 Å². The van der Waals surface area contributed by atoms with Crippen LogP contribution in [0.4, 0.5) is 0 Å². The van der Waals surface area contributed by atoms with Crippen LogP contribution < -0.4 is 0 Å². The fourth-order valence-electron chi connectivity index (χ4n) is 2.70. The van der Waals surface area contributed by atoms with Crippen LogP contribution in [0.2, 0.25) is 0 Å². The van der Waals surface area contributed by atoms with Crippen LogP contribution in [-0.2, 0) is 0 Å². The van der Waals surface area contributed by atoms with Gasteiger partial charge in [0, 0.05) is 16.9 Å². The molecule has 3 aromatic rings. The largest absolute Gasteiger partial charge is 0.274 e. The van der Waals surface area contributed by atoms with Crippen molar-refractivity contribution in [1.29, 1.82) is 0 Å². The third-order valence-corrected chi connectivity index (χ3v) is 5.71. The van der Waals surface area contributed by atoms with Gasteiger partial charge in [0.05, 0.1) is 16.6 Å². The predicted octanol–water partition coefficient (Wildman–Crippen LogP) is 4.80. The summed E-state index contributed by atoms with van der Waals surface area (Å²) in [6, 6.07) is 17.5. The maximum atomic E-state index is 12.9. The number of benzene rings is 1. The van der Waals surface area contributed by atoms with E-state index >= 15 is 0 Å². The summed E-state index contributed by atoms with van der Waals surface area (Å²) in [6.07, 6.45) is 0.763. The van der Waals surface area contributed by atoms with Gasteiger partial charge in [0.25, 0.3) is 5.91 Å². The Morgan fingerprint density at radius 3 is 2.48 bits per heavy atom. The first kappa shape index (κ1) is 14.4. The van der Waals surface area contributed by atoms with Crippen LogP contribution in [0.3, 0.4) is 0 Å². The molecule has 3 nitrogen and oxygen atoms in total. The van der Waals surface area contributed by atoms with Crippen LogP contribution in [0, 0.1) is 0 Å². The topological polar surface area (TPSA) is 32.7 Å². The monoisotopic (exact) mass is 338 g/mol. The van der Waals surface area contributed by atoms with Crippen molar-refractivity contribution in [2.24, 2.45) is 5.10 Å². The minimum absolute atomic E-state index is 0.0141. The van der Waals surface area contributed by atoms with E-state index < -0.39 is 0 Å². The lowest BCUT2D eigenvalue weighted by Crippen LogP contribution is -2.26. The second-order valence-corrected chi connectivity index (χ2v) is 7.20. The van der Waals surface area contributed by atoms with Crippen LogP contribution in [0.15, 0.2) is 70.5 Å². The van der Waals surface area contributed by atoms with Crippen molar-refractivity contribution in [3.05, 3.63) is 80.7 Å². The van der Waals surface area contributed by atoms with Crippen molar-refractivity contribution in [1.82, 2.24) is 5.01 Å². The molecule has 0 fully saturated rings. The van der Waals surface area contributed by atoms with Crippen LogP contribution in [0.5, 0.6) is 0 Å². The molecule has 0 spiro atoms. The lowest BCUT2D eigenvalue weighted by atomic mass is 10.1. The lowest BCUT2D eigenvalue weighted by Gasteiger charge is -2.20. The van der Waals surface area contributed by atoms with Crippen LogP contribution in [-0.4, -0.2) is 16.6 Å². The number of hydrazone groups is 1. The Bertz CT molecular complexity index is 823. The Morgan fingerprint density at radius 1 is 1.00 bits per heavy atom. The highest BCUT2D eigenvalue weighted by Crippen LogP contribution is 2.36. The highest BCUT2D eigenvalue weighted by Gasteiger charge is 2.34. The van der Waals surface area contributed by atoms with Crippen molar-refractivity contribution in [3.8, 4) is 0 Å². The number of carbonyl (C=O) groups excluding carboxylic acids is 1. The molecule has 1 aromatic carbocycles. The lowest BCUT2D eigenvalue weighted by molar-refractivity contribution is 0.0714. The van der Waals surface area contributed by atoms with Crippen molar-refractivity contribution in [2.45, 2.75) is 12.5 Å². The third-order valence-electron chi connectivity index (χ3n) is 3.82. The van der Waals surface area contributed by atoms with Gasteiger partial charge in [0.15, 0.2) is 0 Å². The van der Waals surface area contributed by atoms with Gasteiger partial charge in [-0.25, -0.2) is 5.01 Å². The Hall–Kier alpha value is -2.24.